The molecule has 0 N–H and O–H groups in total. The first-order valence-electron chi connectivity index (χ1n) is 5.62. The largest absolute Gasteiger partial charge is 0.302 e. The first kappa shape index (κ1) is 9.22. The second-order valence-electron chi connectivity index (χ2n) is 5.02. The average Bonchev–Trinajstić information content (AvgIpc) is 2.43. The van der Waals surface area contributed by atoms with Crippen LogP contribution >= 0.6 is 11.8 Å². The molecule has 2 atom stereocenters. The zero-order chi connectivity index (χ0) is 9.76. The van der Waals surface area contributed by atoms with Gasteiger partial charge in [0.2, 0.25) is 0 Å². The van der Waals surface area contributed by atoms with Gasteiger partial charge in [0.25, 0.3) is 0 Å². The molecular formula is C11H17NOS. The summed E-state index contributed by atoms with van der Waals surface area (Å²) in [4.78, 5) is 14.2. The number of hydrogen-bond donors (Lipinski definition) is 0. The number of carbonyl (C=O) groups excluding carboxylic acids is 1. The van der Waals surface area contributed by atoms with Crippen LogP contribution in [0.25, 0.3) is 0 Å². The molecule has 4 aliphatic heterocycles. The van der Waals surface area contributed by atoms with Gasteiger partial charge >= 0.3 is 0 Å². The predicted molar refractivity (Wildman–Crippen MR) is 58.6 cm³/mol. The van der Waals surface area contributed by atoms with Crippen molar-refractivity contribution in [3.8, 4) is 0 Å². The fraction of sp³-hybridized carbons (Fsp3) is 0.909. The van der Waals surface area contributed by atoms with Gasteiger partial charge in [-0.1, -0.05) is 0 Å². The molecule has 2 bridgehead atoms. The van der Waals surface area contributed by atoms with E-state index in [0.29, 0.717) is 10.5 Å². The van der Waals surface area contributed by atoms with E-state index in [1.807, 2.05) is 11.8 Å². The summed E-state index contributed by atoms with van der Waals surface area (Å²) in [6.07, 6.45) is 3.50. The molecule has 0 aromatic rings. The van der Waals surface area contributed by atoms with Gasteiger partial charge in [-0.3, -0.25) is 4.79 Å². The zero-order valence-corrected chi connectivity index (χ0v) is 9.48. The van der Waals surface area contributed by atoms with Crippen LogP contribution in [0, 0.1) is 5.92 Å². The summed E-state index contributed by atoms with van der Waals surface area (Å²) in [5.41, 5.74) is 0. The summed E-state index contributed by atoms with van der Waals surface area (Å²) in [6, 6.07) is 0. The van der Waals surface area contributed by atoms with E-state index in [1.165, 1.54) is 32.5 Å². The van der Waals surface area contributed by atoms with Crippen LogP contribution in [-0.4, -0.2) is 40.3 Å². The summed E-state index contributed by atoms with van der Waals surface area (Å²) in [6.45, 7) is 5.81. The predicted octanol–water partition coefficient (Wildman–Crippen LogP) is 1.55. The highest BCUT2D eigenvalue weighted by atomic mass is 32.2. The molecule has 0 amide bonds. The third kappa shape index (κ3) is 1.18. The number of nitrogens with zero attached hydrogens (tertiary/aromatic N) is 1. The van der Waals surface area contributed by atoms with Crippen LogP contribution in [0.1, 0.15) is 26.2 Å². The molecule has 4 fully saturated rings. The minimum Gasteiger partial charge on any atom is -0.302 e. The number of fused-ring (bicyclic) bond motifs is 2. The van der Waals surface area contributed by atoms with Crippen LogP contribution in [-0.2, 0) is 4.79 Å². The van der Waals surface area contributed by atoms with Crippen LogP contribution in [0.5, 0.6) is 0 Å². The minimum absolute atomic E-state index is 0.260. The highest BCUT2D eigenvalue weighted by Gasteiger charge is 2.53. The van der Waals surface area contributed by atoms with E-state index in [-0.39, 0.29) is 5.25 Å². The van der Waals surface area contributed by atoms with Crippen LogP contribution in [0.2, 0.25) is 0 Å². The van der Waals surface area contributed by atoms with Gasteiger partial charge in [0, 0.05) is 17.7 Å². The molecule has 4 rings (SSSR count). The van der Waals surface area contributed by atoms with Gasteiger partial charge in [-0.25, -0.2) is 0 Å². The normalized spacial score (nSPS) is 51.8. The molecule has 0 aliphatic carbocycles. The number of rotatable bonds is 0. The maximum Gasteiger partial charge on any atom is 0.147 e. The average molecular weight is 211 g/mol. The number of Topliss-reactive ketones (excluding diaryl/α,β-unsaturated/α-hetero) is 1. The maximum absolute atomic E-state index is 11.7. The van der Waals surface area contributed by atoms with Gasteiger partial charge < -0.3 is 4.90 Å². The minimum atomic E-state index is 0.260. The Bertz CT molecular complexity index is 272. The standard InChI is InChI=1S/C11H17NOS/c1-8-10(13)6-11(14-8)7-12-4-2-9(11)3-5-12/h8-9H,2-7H2,1H3. The molecule has 1 spiro atoms. The first-order valence-corrected chi connectivity index (χ1v) is 6.50. The van der Waals surface area contributed by atoms with Crippen LogP contribution < -0.4 is 0 Å². The fourth-order valence-corrected chi connectivity index (χ4v) is 5.19. The van der Waals surface area contributed by atoms with Crippen LogP contribution in [0.3, 0.4) is 0 Å². The SMILES string of the molecule is CC1SC2(CC1=O)CN1CCC2CC1. The molecule has 78 valence electrons. The Morgan fingerprint density at radius 1 is 1.43 bits per heavy atom. The molecule has 4 heterocycles. The summed E-state index contributed by atoms with van der Waals surface area (Å²) < 4.78 is 0.326. The van der Waals surface area contributed by atoms with E-state index in [0.717, 1.165) is 12.3 Å². The second kappa shape index (κ2) is 2.99. The Hall–Kier alpha value is -0.0200. The Labute approximate surface area is 89.4 Å². The first-order chi connectivity index (χ1) is 6.70. The quantitative estimate of drug-likeness (QED) is 0.606. The molecule has 2 unspecified atom stereocenters. The van der Waals surface area contributed by atoms with Crippen molar-refractivity contribution in [1.29, 1.82) is 0 Å². The lowest BCUT2D eigenvalue weighted by Crippen LogP contribution is -2.56. The van der Waals surface area contributed by atoms with Crippen molar-refractivity contribution >= 4 is 17.5 Å². The van der Waals surface area contributed by atoms with Crippen molar-refractivity contribution in [2.24, 2.45) is 5.92 Å². The molecule has 4 aliphatic rings. The Kier molecular flexibility index (Phi) is 1.97. The molecule has 3 heteroatoms. The monoisotopic (exact) mass is 211 g/mol. The van der Waals surface area contributed by atoms with Gasteiger partial charge in [-0.05, 0) is 38.8 Å². The molecule has 0 aromatic carbocycles. The summed E-state index contributed by atoms with van der Waals surface area (Å²) in [5, 5.41) is 0.260. The highest BCUT2D eigenvalue weighted by molar-refractivity contribution is 8.02. The third-order valence-electron chi connectivity index (χ3n) is 4.16. The van der Waals surface area contributed by atoms with Gasteiger partial charge in [0.1, 0.15) is 5.78 Å². The number of ketones is 1. The number of piperidine rings is 3. The smallest absolute Gasteiger partial charge is 0.147 e. The fourth-order valence-electron chi connectivity index (χ4n) is 3.36. The molecule has 4 saturated heterocycles. The lowest BCUT2D eigenvalue weighted by molar-refractivity contribution is -0.119. The van der Waals surface area contributed by atoms with Gasteiger partial charge in [0.15, 0.2) is 0 Å². The lowest BCUT2D eigenvalue weighted by Gasteiger charge is -2.51. The molecule has 0 aromatic heterocycles. The molecule has 14 heavy (non-hydrogen) atoms. The van der Waals surface area contributed by atoms with Gasteiger partial charge in [-0.2, -0.15) is 0 Å². The molecule has 0 saturated carbocycles. The Morgan fingerprint density at radius 2 is 2.14 bits per heavy atom. The Balaban J connectivity index is 1.87. The van der Waals surface area contributed by atoms with Crippen molar-refractivity contribution in [3.05, 3.63) is 0 Å². The van der Waals surface area contributed by atoms with E-state index in [1.54, 1.807) is 0 Å². The van der Waals surface area contributed by atoms with E-state index in [2.05, 4.69) is 11.8 Å². The maximum atomic E-state index is 11.7. The Morgan fingerprint density at radius 3 is 2.57 bits per heavy atom. The number of hydrogen-bond acceptors (Lipinski definition) is 3. The van der Waals surface area contributed by atoms with Crippen molar-refractivity contribution < 1.29 is 4.79 Å². The highest BCUT2D eigenvalue weighted by Crippen LogP contribution is 2.52. The van der Waals surface area contributed by atoms with Crippen molar-refractivity contribution in [1.82, 2.24) is 4.90 Å². The lowest BCUT2D eigenvalue weighted by atomic mass is 9.76. The van der Waals surface area contributed by atoms with E-state index >= 15 is 0 Å². The molecule has 0 radical (unpaired) electrons. The van der Waals surface area contributed by atoms with Crippen molar-refractivity contribution in [2.75, 3.05) is 19.6 Å². The van der Waals surface area contributed by atoms with Crippen LogP contribution in [0.15, 0.2) is 0 Å². The van der Waals surface area contributed by atoms with E-state index in [9.17, 15) is 4.79 Å². The van der Waals surface area contributed by atoms with E-state index < -0.39 is 0 Å². The molecule has 2 nitrogen and oxygen atoms in total. The van der Waals surface area contributed by atoms with Crippen LogP contribution in [0.4, 0.5) is 0 Å². The van der Waals surface area contributed by atoms with Gasteiger partial charge in [-0.15, -0.1) is 11.8 Å². The number of carbonyl (C=O) groups is 1. The summed E-state index contributed by atoms with van der Waals surface area (Å²) in [7, 11) is 0. The summed E-state index contributed by atoms with van der Waals surface area (Å²) >= 11 is 1.97. The molecular weight excluding hydrogens is 194 g/mol. The topological polar surface area (TPSA) is 20.3 Å². The van der Waals surface area contributed by atoms with Crippen molar-refractivity contribution in [2.45, 2.75) is 36.2 Å². The third-order valence-corrected chi connectivity index (χ3v) is 5.85. The van der Waals surface area contributed by atoms with Gasteiger partial charge in [0.05, 0.1) is 5.25 Å². The zero-order valence-electron chi connectivity index (χ0n) is 8.66. The second-order valence-corrected chi connectivity index (χ2v) is 6.77. The summed E-state index contributed by atoms with van der Waals surface area (Å²) in [5.74, 6) is 1.31. The number of thioether (sulfide) groups is 1. The van der Waals surface area contributed by atoms with E-state index in [4.69, 9.17) is 0 Å². The van der Waals surface area contributed by atoms with Crippen molar-refractivity contribution in [3.63, 3.8) is 0 Å².